The summed E-state index contributed by atoms with van der Waals surface area (Å²) in [4.78, 5) is 2.26. The van der Waals surface area contributed by atoms with Crippen LogP contribution in [0.1, 0.15) is 11.1 Å². The van der Waals surface area contributed by atoms with E-state index in [4.69, 9.17) is 0 Å². The minimum absolute atomic E-state index is 0.352. The molecule has 10 rings (SSSR count). The Balaban J connectivity index is 1.23. The zero-order valence-electron chi connectivity index (χ0n) is 29.6. The van der Waals surface area contributed by atoms with Gasteiger partial charge < -0.3 is 14.0 Å². The second kappa shape index (κ2) is 13.0. The first-order chi connectivity index (χ1) is 27.2. The van der Waals surface area contributed by atoms with Crippen LogP contribution < -0.4 is 4.90 Å². The zero-order chi connectivity index (χ0) is 36.9. The average Bonchev–Trinajstić information content (AvgIpc) is 3.76. The van der Waals surface area contributed by atoms with Crippen LogP contribution in [0.25, 0.3) is 66.1 Å². The molecule has 0 aliphatic carbocycles. The SMILES string of the molecule is N#Cc1cccc(-n2c3ccc(-c4ccc5c(c4)c4ccccc4n5-c4ccccc4)cc3c3cc(N(c4ccccc4)c4ccccc4)ccc32)c1C#N. The van der Waals surface area contributed by atoms with E-state index in [1.807, 2.05) is 30.3 Å². The van der Waals surface area contributed by atoms with E-state index in [2.05, 4.69) is 178 Å². The number of rotatable bonds is 6. The molecule has 0 bridgehead atoms. The van der Waals surface area contributed by atoms with Crippen molar-refractivity contribution in [3.63, 3.8) is 0 Å². The summed E-state index contributed by atoms with van der Waals surface area (Å²) in [5.74, 6) is 0. The smallest absolute Gasteiger partial charge is 0.103 e. The number of aromatic nitrogens is 2. The first-order valence-corrected chi connectivity index (χ1v) is 18.2. The molecule has 0 aliphatic rings. The second-order valence-corrected chi connectivity index (χ2v) is 13.6. The van der Waals surface area contributed by atoms with E-state index < -0.39 is 0 Å². The molecule has 0 N–H and O–H groups in total. The molecule has 256 valence electrons. The first-order valence-electron chi connectivity index (χ1n) is 18.2. The summed E-state index contributed by atoms with van der Waals surface area (Å²) < 4.78 is 4.46. The molecular formula is C50H31N5. The maximum Gasteiger partial charge on any atom is 0.103 e. The minimum Gasteiger partial charge on any atom is -0.310 e. The molecule has 0 amide bonds. The standard InChI is InChI=1S/C50H31N5/c51-32-36-13-12-22-47(45(36)33-52)55-49-27-24-35(34-23-26-48-42(29-34)41-20-10-11-21-46(41)54(48)39-18-8-3-9-19-39)30-43(49)44-31-40(25-28-50(44)55)53(37-14-4-1-5-15-37)38-16-6-2-7-17-38/h1-31H. The molecule has 5 nitrogen and oxygen atoms in total. The number of para-hydroxylation sites is 4. The Hall–Kier alpha value is -7.86. The fraction of sp³-hybridized carbons (Fsp3) is 0. The van der Waals surface area contributed by atoms with Gasteiger partial charge in [0.2, 0.25) is 0 Å². The molecule has 5 heteroatoms. The highest BCUT2D eigenvalue weighted by Gasteiger charge is 2.21. The van der Waals surface area contributed by atoms with Crippen LogP contribution in [0.3, 0.4) is 0 Å². The van der Waals surface area contributed by atoms with E-state index in [0.717, 1.165) is 61.2 Å². The summed E-state index contributed by atoms with van der Waals surface area (Å²) >= 11 is 0. The highest BCUT2D eigenvalue weighted by molar-refractivity contribution is 6.13. The van der Waals surface area contributed by atoms with E-state index in [9.17, 15) is 10.5 Å². The first kappa shape index (κ1) is 31.8. The molecule has 0 saturated carbocycles. The van der Waals surface area contributed by atoms with Gasteiger partial charge in [0, 0.05) is 44.3 Å². The van der Waals surface area contributed by atoms with Crippen LogP contribution in [0.15, 0.2) is 188 Å². The van der Waals surface area contributed by atoms with Crippen molar-refractivity contribution < 1.29 is 0 Å². The van der Waals surface area contributed by atoms with Crippen LogP contribution in [0, 0.1) is 22.7 Å². The van der Waals surface area contributed by atoms with Crippen molar-refractivity contribution in [1.29, 1.82) is 10.5 Å². The lowest BCUT2D eigenvalue weighted by molar-refractivity contribution is 1.16. The highest BCUT2D eigenvalue weighted by Crippen LogP contribution is 2.42. The molecule has 0 radical (unpaired) electrons. The van der Waals surface area contributed by atoms with Crippen LogP contribution >= 0.6 is 0 Å². The predicted molar refractivity (Wildman–Crippen MR) is 225 cm³/mol. The maximum absolute atomic E-state index is 10.3. The maximum atomic E-state index is 10.3. The Kier molecular flexibility index (Phi) is 7.51. The Morgan fingerprint density at radius 1 is 0.382 bits per heavy atom. The monoisotopic (exact) mass is 701 g/mol. The lowest BCUT2D eigenvalue weighted by atomic mass is 10.0. The van der Waals surface area contributed by atoms with E-state index >= 15 is 0 Å². The molecule has 2 aromatic heterocycles. The fourth-order valence-corrected chi connectivity index (χ4v) is 8.14. The summed E-state index contributed by atoms with van der Waals surface area (Å²) in [6, 6.07) is 69.8. The van der Waals surface area contributed by atoms with E-state index in [-0.39, 0.29) is 0 Å². The topological polar surface area (TPSA) is 60.7 Å². The van der Waals surface area contributed by atoms with Crippen molar-refractivity contribution >= 4 is 60.7 Å². The van der Waals surface area contributed by atoms with Gasteiger partial charge in [0.25, 0.3) is 0 Å². The predicted octanol–water partition coefficient (Wildman–Crippen LogP) is 12.8. The summed E-state index contributed by atoms with van der Waals surface area (Å²) in [5, 5.41) is 24.8. The number of hydrogen-bond acceptors (Lipinski definition) is 3. The van der Waals surface area contributed by atoms with Crippen molar-refractivity contribution in [2.45, 2.75) is 0 Å². The number of nitriles is 2. The van der Waals surface area contributed by atoms with Gasteiger partial charge in [-0.25, -0.2) is 0 Å². The van der Waals surface area contributed by atoms with E-state index in [1.165, 1.54) is 16.3 Å². The summed E-state index contributed by atoms with van der Waals surface area (Å²) in [6.45, 7) is 0. The van der Waals surface area contributed by atoms with Gasteiger partial charge >= 0.3 is 0 Å². The van der Waals surface area contributed by atoms with E-state index in [0.29, 0.717) is 16.8 Å². The zero-order valence-corrected chi connectivity index (χ0v) is 29.6. The Bertz CT molecular complexity index is 3120. The van der Waals surface area contributed by atoms with Crippen molar-refractivity contribution in [3.05, 3.63) is 199 Å². The van der Waals surface area contributed by atoms with Crippen LogP contribution in [0.2, 0.25) is 0 Å². The molecule has 0 aliphatic heterocycles. The molecule has 0 spiro atoms. The largest absolute Gasteiger partial charge is 0.310 e. The minimum atomic E-state index is 0.352. The molecule has 8 aromatic carbocycles. The van der Waals surface area contributed by atoms with Gasteiger partial charge in [-0.3, -0.25) is 0 Å². The normalized spacial score (nSPS) is 11.2. The van der Waals surface area contributed by atoms with Gasteiger partial charge in [-0.15, -0.1) is 0 Å². The molecule has 0 saturated heterocycles. The second-order valence-electron chi connectivity index (χ2n) is 13.6. The van der Waals surface area contributed by atoms with Crippen molar-refractivity contribution in [2.24, 2.45) is 0 Å². The summed E-state index contributed by atoms with van der Waals surface area (Å²) in [7, 11) is 0. The molecule has 0 fully saturated rings. The van der Waals surface area contributed by atoms with Crippen LogP contribution in [-0.4, -0.2) is 9.13 Å². The molecule has 2 heterocycles. The number of anilines is 3. The lowest BCUT2D eigenvalue weighted by Gasteiger charge is -2.25. The molecule has 55 heavy (non-hydrogen) atoms. The van der Waals surface area contributed by atoms with Crippen LogP contribution in [-0.2, 0) is 0 Å². The van der Waals surface area contributed by atoms with Gasteiger partial charge in [0.1, 0.15) is 12.1 Å². The number of hydrogen-bond donors (Lipinski definition) is 0. The van der Waals surface area contributed by atoms with Gasteiger partial charge in [-0.05, 0) is 108 Å². The Morgan fingerprint density at radius 2 is 0.909 bits per heavy atom. The number of benzene rings is 8. The number of nitrogens with zero attached hydrogens (tertiary/aromatic N) is 5. The van der Waals surface area contributed by atoms with Gasteiger partial charge in [-0.2, -0.15) is 10.5 Å². The third kappa shape index (κ3) is 5.15. The third-order valence-electron chi connectivity index (χ3n) is 10.6. The summed E-state index contributed by atoms with van der Waals surface area (Å²) in [5.41, 5.74) is 12.1. The average molecular weight is 702 g/mol. The lowest BCUT2D eigenvalue weighted by Crippen LogP contribution is -2.09. The highest BCUT2D eigenvalue weighted by atomic mass is 15.1. The van der Waals surface area contributed by atoms with Gasteiger partial charge in [-0.1, -0.05) is 91.0 Å². The number of fused-ring (bicyclic) bond motifs is 6. The van der Waals surface area contributed by atoms with Crippen molar-refractivity contribution in [3.8, 4) is 34.6 Å². The third-order valence-corrected chi connectivity index (χ3v) is 10.6. The fourth-order valence-electron chi connectivity index (χ4n) is 8.14. The van der Waals surface area contributed by atoms with Crippen molar-refractivity contribution in [1.82, 2.24) is 9.13 Å². The van der Waals surface area contributed by atoms with Crippen molar-refractivity contribution in [2.75, 3.05) is 4.90 Å². The van der Waals surface area contributed by atoms with Crippen LogP contribution in [0.4, 0.5) is 17.1 Å². The Morgan fingerprint density at radius 3 is 1.55 bits per heavy atom. The molecular weight excluding hydrogens is 671 g/mol. The molecule has 0 atom stereocenters. The van der Waals surface area contributed by atoms with E-state index in [1.54, 1.807) is 6.07 Å². The Labute approximate surface area is 318 Å². The molecule has 0 unspecified atom stereocenters. The van der Waals surface area contributed by atoms with Gasteiger partial charge in [0.05, 0.1) is 38.9 Å². The van der Waals surface area contributed by atoms with Gasteiger partial charge in [0.15, 0.2) is 0 Å². The quantitative estimate of drug-likeness (QED) is 0.173. The molecule has 10 aromatic rings. The summed E-state index contributed by atoms with van der Waals surface area (Å²) in [6.07, 6.45) is 0. The van der Waals surface area contributed by atoms with Crippen LogP contribution in [0.5, 0.6) is 0 Å².